The van der Waals surface area contributed by atoms with Gasteiger partial charge in [-0.05, 0) is 36.1 Å². The second kappa shape index (κ2) is 9.55. The van der Waals surface area contributed by atoms with Crippen LogP contribution in [0.5, 0.6) is 5.88 Å². The molecule has 0 amide bonds. The maximum absolute atomic E-state index is 5.08. The van der Waals surface area contributed by atoms with Crippen molar-refractivity contribution in [3.05, 3.63) is 58.2 Å². The summed E-state index contributed by atoms with van der Waals surface area (Å²) in [5.41, 5.74) is 2.68. The van der Waals surface area contributed by atoms with Crippen LogP contribution < -0.4 is 15.4 Å². The molecule has 140 valence electrons. The highest BCUT2D eigenvalue weighted by Gasteiger charge is 2.44. The molecule has 7 heteroatoms. The van der Waals surface area contributed by atoms with Gasteiger partial charge < -0.3 is 15.4 Å². The highest BCUT2D eigenvalue weighted by Crippen LogP contribution is 2.48. The van der Waals surface area contributed by atoms with Crippen molar-refractivity contribution < 1.29 is 4.74 Å². The minimum absolute atomic E-state index is 0. The third-order valence-corrected chi connectivity index (χ3v) is 5.07. The number of aliphatic imine (C=N–C) groups is 1. The Labute approximate surface area is 180 Å². The maximum Gasteiger partial charge on any atom is 0.212 e. The number of hydrogen-bond donors (Lipinski definition) is 2. The minimum Gasteiger partial charge on any atom is -0.481 e. The van der Waals surface area contributed by atoms with E-state index in [0.717, 1.165) is 22.5 Å². The van der Waals surface area contributed by atoms with E-state index >= 15 is 0 Å². The number of aromatic nitrogens is 1. The molecule has 0 unspecified atom stereocenters. The number of nitrogens with zero attached hydrogens (tertiary/aromatic N) is 2. The lowest BCUT2D eigenvalue weighted by molar-refractivity contribution is 0.397. The Morgan fingerprint density at radius 2 is 2.08 bits per heavy atom. The molecule has 1 aliphatic rings. The van der Waals surface area contributed by atoms with Crippen molar-refractivity contribution >= 4 is 45.9 Å². The molecule has 0 radical (unpaired) electrons. The van der Waals surface area contributed by atoms with Crippen LogP contribution in [0, 0.1) is 0 Å². The second-order valence-electron chi connectivity index (χ2n) is 6.28. The molecule has 0 atom stereocenters. The number of nitrogens with one attached hydrogen (secondary N) is 2. The van der Waals surface area contributed by atoms with Gasteiger partial charge >= 0.3 is 0 Å². The van der Waals surface area contributed by atoms with Crippen molar-refractivity contribution in [2.24, 2.45) is 4.99 Å². The fourth-order valence-corrected chi connectivity index (χ4v) is 3.23. The van der Waals surface area contributed by atoms with Crippen LogP contribution in [0.15, 0.2) is 52.1 Å². The molecule has 3 rings (SSSR count). The lowest BCUT2D eigenvalue weighted by atomic mass is 9.96. The van der Waals surface area contributed by atoms with E-state index in [-0.39, 0.29) is 29.4 Å². The SMILES string of the molecule is CN=C(NCc1ccc(OC)nc1)NCC1(c2cccc(Br)c2)CC1.I. The molecule has 1 heterocycles. The quantitative estimate of drug-likeness (QED) is 0.338. The van der Waals surface area contributed by atoms with Crippen molar-refractivity contribution in [2.45, 2.75) is 24.8 Å². The fourth-order valence-electron chi connectivity index (χ4n) is 2.83. The van der Waals surface area contributed by atoms with Gasteiger partial charge in [-0.2, -0.15) is 0 Å². The Balaban J connectivity index is 0.00000243. The Hall–Kier alpha value is -1.35. The summed E-state index contributed by atoms with van der Waals surface area (Å²) >= 11 is 3.57. The Bertz CT molecular complexity index is 747. The van der Waals surface area contributed by atoms with Crippen LogP contribution in [-0.2, 0) is 12.0 Å². The maximum atomic E-state index is 5.08. The second-order valence-corrected chi connectivity index (χ2v) is 7.19. The van der Waals surface area contributed by atoms with Gasteiger partial charge in [-0.25, -0.2) is 4.98 Å². The van der Waals surface area contributed by atoms with E-state index < -0.39 is 0 Å². The molecule has 2 aromatic rings. The number of pyridine rings is 1. The van der Waals surface area contributed by atoms with Gasteiger partial charge in [0, 0.05) is 42.3 Å². The van der Waals surface area contributed by atoms with Gasteiger partial charge in [0.25, 0.3) is 0 Å². The van der Waals surface area contributed by atoms with Crippen molar-refractivity contribution in [2.75, 3.05) is 20.7 Å². The molecule has 1 aromatic heterocycles. The molecule has 26 heavy (non-hydrogen) atoms. The number of methoxy groups -OCH3 is 1. The van der Waals surface area contributed by atoms with Crippen molar-refractivity contribution in [3.63, 3.8) is 0 Å². The summed E-state index contributed by atoms with van der Waals surface area (Å²) in [5.74, 6) is 1.42. The van der Waals surface area contributed by atoms with Gasteiger partial charge in [-0.3, -0.25) is 4.99 Å². The van der Waals surface area contributed by atoms with Crippen LogP contribution in [0.2, 0.25) is 0 Å². The van der Waals surface area contributed by atoms with Crippen LogP contribution in [0.25, 0.3) is 0 Å². The predicted octanol–water partition coefficient (Wildman–Crippen LogP) is 3.87. The van der Waals surface area contributed by atoms with Crippen LogP contribution in [0.1, 0.15) is 24.0 Å². The Kier molecular flexibility index (Phi) is 7.69. The first-order chi connectivity index (χ1) is 12.1. The molecule has 1 aromatic carbocycles. The van der Waals surface area contributed by atoms with Crippen LogP contribution in [0.3, 0.4) is 0 Å². The first-order valence-electron chi connectivity index (χ1n) is 8.35. The van der Waals surface area contributed by atoms with E-state index in [9.17, 15) is 0 Å². The average Bonchev–Trinajstić information content (AvgIpc) is 3.43. The summed E-state index contributed by atoms with van der Waals surface area (Å²) in [6, 6.07) is 12.4. The monoisotopic (exact) mass is 530 g/mol. The number of ether oxygens (including phenoxy) is 1. The average molecular weight is 531 g/mol. The summed E-state index contributed by atoms with van der Waals surface area (Å²) in [4.78, 5) is 8.54. The lowest BCUT2D eigenvalue weighted by Gasteiger charge is -2.19. The van der Waals surface area contributed by atoms with Crippen LogP contribution >= 0.6 is 39.9 Å². The summed E-state index contributed by atoms with van der Waals surface area (Å²) in [6.45, 7) is 1.55. The van der Waals surface area contributed by atoms with E-state index in [2.05, 4.69) is 60.8 Å². The summed E-state index contributed by atoms with van der Waals surface area (Å²) in [5, 5.41) is 6.80. The number of halogens is 2. The zero-order chi connectivity index (χ0) is 17.7. The van der Waals surface area contributed by atoms with Crippen LogP contribution in [0.4, 0.5) is 0 Å². The highest BCUT2D eigenvalue weighted by molar-refractivity contribution is 14.0. The topological polar surface area (TPSA) is 58.5 Å². The Morgan fingerprint density at radius 1 is 1.27 bits per heavy atom. The fraction of sp³-hybridized carbons (Fsp3) is 0.368. The zero-order valence-electron chi connectivity index (χ0n) is 15.0. The van der Waals surface area contributed by atoms with E-state index in [4.69, 9.17) is 4.74 Å². The van der Waals surface area contributed by atoms with Gasteiger partial charge in [0.2, 0.25) is 5.88 Å². The van der Waals surface area contributed by atoms with E-state index in [0.29, 0.717) is 12.4 Å². The predicted molar refractivity (Wildman–Crippen MR) is 119 cm³/mol. The molecular formula is C19H24BrIN4O. The first-order valence-corrected chi connectivity index (χ1v) is 9.14. The zero-order valence-corrected chi connectivity index (χ0v) is 18.9. The molecule has 1 aliphatic carbocycles. The largest absolute Gasteiger partial charge is 0.481 e. The first kappa shape index (κ1) is 21.0. The number of hydrogen-bond acceptors (Lipinski definition) is 3. The molecule has 0 saturated heterocycles. The van der Waals surface area contributed by atoms with Gasteiger partial charge in [0.05, 0.1) is 7.11 Å². The summed E-state index contributed by atoms with van der Waals surface area (Å²) in [6.07, 6.45) is 4.22. The summed E-state index contributed by atoms with van der Waals surface area (Å²) in [7, 11) is 3.41. The molecule has 0 bridgehead atoms. The smallest absolute Gasteiger partial charge is 0.212 e. The van der Waals surface area contributed by atoms with Gasteiger partial charge in [-0.1, -0.05) is 34.1 Å². The lowest BCUT2D eigenvalue weighted by Crippen LogP contribution is -2.40. The van der Waals surface area contributed by atoms with E-state index in [1.54, 1.807) is 14.2 Å². The minimum atomic E-state index is 0. The third-order valence-electron chi connectivity index (χ3n) is 4.58. The molecule has 1 saturated carbocycles. The third kappa shape index (κ3) is 5.33. The van der Waals surface area contributed by atoms with Gasteiger partial charge in [0.1, 0.15) is 0 Å². The van der Waals surface area contributed by atoms with Crippen molar-refractivity contribution in [3.8, 4) is 5.88 Å². The number of guanidine groups is 1. The molecule has 2 N–H and O–H groups in total. The molecule has 1 fully saturated rings. The number of rotatable bonds is 6. The van der Waals surface area contributed by atoms with E-state index in [1.165, 1.54) is 18.4 Å². The summed E-state index contributed by atoms with van der Waals surface area (Å²) < 4.78 is 6.21. The molecule has 0 aliphatic heterocycles. The Morgan fingerprint density at radius 3 is 2.65 bits per heavy atom. The van der Waals surface area contributed by atoms with Crippen LogP contribution in [-0.4, -0.2) is 31.6 Å². The normalized spacial score (nSPS) is 15.0. The van der Waals surface area contributed by atoms with Gasteiger partial charge in [-0.15, -0.1) is 24.0 Å². The van der Waals surface area contributed by atoms with Crippen molar-refractivity contribution in [1.29, 1.82) is 0 Å². The molecule has 0 spiro atoms. The number of benzene rings is 1. The molecule has 5 nitrogen and oxygen atoms in total. The van der Waals surface area contributed by atoms with Crippen molar-refractivity contribution in [1.82, 2.24) is 15.6 Å². The van der Waals surface area contributed by atoms with Gasteiger partial charge in [0.15, 0.2) is 5.96 Å². The standard InChI is InChI=1S/C19H23BrN4O.HI/c1-21-18(23-12-14-6-7-17(25-2)22-11-14)24-13-19(8-9-19)15-4-3-5-16(20)10-15;/h3-7,10-11H,8-9,12-13H2,1-2H3,(H2,21,23,24);1H. The van der Waals surface area contributed by atoms with E-state index in [1.807, 2.05) is 18.3 Å². The molecular weight excluding hydrogens is 507 g/mol. The highest BCUT2D eigenvalue weighted by atomic mass is 127.